The standard InChI is InChI=1S/C18H22N4O3.ClH/c19-9-12-6-8-21(10-12)15(23)11-22-16(24)18(20-17(22)25)7-5-13-3-1-2-4-14(13)18;/h1-4,12H,5-11,19H2,(H,20,25);1H. The molecule has 1 aliphatic carbocycles. The van der Waals surface area contributed by atoms with E-state index in [0.29, 0.717) is 32.0 Å². The van der Waals surface area contributed by atoms with Gasteiger partial charge in [-0.3, -0.25) is 14.5 Å². The summed E-state index contributed by atoms with van der Waals surface area (Å²) in [6.07, 6.45) is 2.16. The molecule has 0 aromatic heterocycles. The zero-order valence-electron chi connectivity index (χ0n) is 14.4. The Bertz CT molecular complexity index is 756. The van der Waals surface area contributed by atoms with E-state index < -0.39 is 11.6 Å². The van der Waals surface area contributed by atoms with Crippen molar-refractivity contribution in [1.29, 1.82) is 0 Å². The minimum Gasteiger partial charge on any atom is -0.341 e. The van der Waals surface area contributed by atoms with Gasteiger partial charge in [0.15, 0.2) is 0 Å². The molecule has 26 heavy (non-hydrogen) atoms. The van der Waals surface area contributed by atoms with Gasteiger partial charge in [0.1, 0.15) is 12.1 Å². The van der Waals surface area contributed by atoms with Crippen molar-refractivity contribution in [1.82, 2.24) is 15.1 Å². The molecule has 3 N–H and O–H groups in total. The van der Waals surface area contributed by atoms with Crippen LogP contribution in [0.2, 0.25) is 0 Å². The van der Waals surface area contributed by atoms with E-state index in [1.165, 1.54) is 0 Å². The van der Waals surface area contributed by atoms with Crippen LogP contribution >= 0.6 is 12.4 Å². The van der Waals surface area contributed by atoms with Crippen molar-refractivity contribution < 1.29 is 14.4 Å². The maximum Gasteiger partial charge on any atom is 0.325 e. The van der Waals surface area contributed by atoms with E-state index >= 15 is 0 Å². The lowest BCUT2D eigenvalue weighted by molar-refractivity contribution is -0.138. The predicted octanol–water partition coefficient (Wildman–Crippen LogP) is 0.609. The summed E-state index contributed by atoms with van der Waals surface area (Å²) >= 11 is 0. The molecule has 2 fully saturated rings. The van der Waals surface area contributed by atoms with Crippen molar-refractivity contribution in [2.75, 3.05) is 26.2 Å². The van der Waals surface area contributed by atoms with E-state index in [1.54, 1.807) is 4.90 Å². The van der Waals surface area contributed by atoms with Crippen LogP contribution in [0.15, 0.2) is 24.3 Å². The molecule has 2 saturated heterocycles. The second-order valence-corrected chi connectivity index (χ2v) is 7.11. The van der Waals surface area contributed by atoms with Gasteiger partial charge in [0.2, 0.25) is 5.91 Å². The number of rotatable bonds is 3. The average molecular weight is 379 g/mol. The zero-order valence-corrected chi connectivity index (χ0v) is 15.3. The molecule has 3 aliphatic rings. The van der Waals surface area contributed by atoms with Crippen LogP contribution in [0.25, 0.3) is 0 Å². The fraction of sp³-hybridized carbons (Fsp3) is 0.500. The van der Waals surface area contributed by atoms with Crippen molar-refractivity contribution >= 4 is 30.3 Å². The predicted molar refractivity (Wildman–Crippen MR) is 97.7 cm³/mol. The van der Waals surface area contributed by atoms with Crippen LogP contribution < -0.4 is 11.1 Å². The molecule has 1 aromatic rings. The number of nitrogens with one attached hydrogen (secondary N) is 1. The molecule has 2 unspecified atom stereocenters. The maximum absolute atomic E-state index is 13.0. The van der Waals surface area contributed by atoms with Gasteiger partial charge >= 0.3 is 6.03 Å². The number of nitrogens with two attached hydrogens (primary N) is 1. The number of carbonyl (C=O) groups excluding carboxylic acids is 3. The lowest BCUT2D eigenvalue weighted by Crippen LogP contribution is -2.44. The Morgan fingerprint density at radius 1 is 1.31 bits per heavy atom. The summed E-state index contributed by atoms with van der Waals surface area (Å²) in [6, 6.07) is 7.19. The number of fused-ring (bicyclic) bond motifs is 2. The van der Waals surface area contributed by atoms with E-state index in [-0.39, 0.29) is 30.8 Å². The highest BCUT2D eigenvalue weighted by Gasteiger charge is 2.55. The number of hydrogen-bond acceptors (Lipinski definition) is 4. The number of amides is 4. The highest BCUT2D eigenvalue weighted by molar-refractivity contribution is 6.09. The lowest BCUT2D eigenvalue weighted by Gasteiger charge is -2.23. The van der Waals surface area contributed by atoms with Gasteiger partial charge in [-0.2, -0.15) is 0 Å². The number of likely N-dealkylation sites (tertiary alicyclic amines) is 1. The Labute approximate surface area is 158 Å². The first-order valence-corrected chi connectivity index (χ1v) is 8.75. The first kappa shape index (κ1) is 18.7. The molecule has 1 aromatic carbocycles. The Balaban J connectivity index is 0.00000196. The second kappa shape index (κ2) is 6.89. The van der Waals surface area contributed by atoms with Gasteiger partial charge in [0.05, 0.1) is 0 Å². The zero-order chi connectivity index (χ0) is 17.6. The fourth-order valence-corrected chi connectivity index (χ4v) is 4.22. The number of urea groups is 1. The minimum atomic E-state index is -1.00. The van der Waals surface area contributed by atoms with E-state index in [2.05, 4.69) is 5.32 Å². The largest absolute Gasteiger partial charge is 0.341 e. The van der Waals surface area contributed by atoms with Crippen LogP contribution in [0, 0.1) is 5.92 Å². The highest BCUT2D eigenvalue weighted by atomic mass is 35.5. The molecule has 8 heteroatoms. The molecule has 0 saturated carbocycles. The molecule has 2 aliphatic heterocycles. The summed E-state index contributed by atoms with van der Waals surface area (Å²) < 4.78 is 0. The highest BCUT2D eigenvalue weighted by Crippen LogP contribution is 2.41. The van der Waals surface area contributed by atoms with Gasteiger partial charge in [-0.15, -0.1) is 12.4 Å². The number of nitrogens with zero attached hydrogens (tertiary/aromatic N) is 2. The van der Waals surface area contributed by atoms with Crippen LogP contribution in [0.5, 0.6) is 0 Å². The van der Waals surface area contributed by atoms with Crippen molar-refractivity contribution in [2.45, 2.75) is 24.8 Å². The number of imide groups is 1. The Kier molecular flexibility index (Phi) is 4.94. The Morgan fingerprint density at radius 3 is 2.81 bits per heavy atom. The summed E-state index contributed by atoms with van der Waals surface area (Å²) in [7, 11) is 0. The first-order chi connectivity index (χ1) is 12.0. The smallest absolute Gasteiger partial charge is 0.325 e. The number of hydrogen-bond donors (Lipinski definition) is 2. The van der Waals surface area contributed by atoms with Gasteiger partial charge in [-0.05, 0) is 42.9 Å². The topological polar surface area (TPSA) is 95.7 Å². The van der Waals surface area contributed by atoms with E-state index in [1.807, 2.05) is 24.3 Å². The van der Waals surface area contributed by atoms with Crippen molar-refractivity contribution in [3.8, 4) is 0 Å². The molecular formula is C18H23ClN4O3. The molecule has 0 bridgehead atoms. The number of carbonyl (C=O) groups is 3. The SMILES string of the molecule is Cl.NCC1CCN(C(=O)CN2C(=O)NC3(CCc4ccccc43)C2=O)C1. The third kappa shape index (κ3) is 2.75. The van der Waals surface area contributed by atoms with Gasteiger partial charge in [-0.1, -0.05) is 24.3 Å². The second-order valence-electron chi connectivity index (χ2n) is 7.11. The number of benzene rings is 1. The monoisotopic (exact) mass is 378 g/mol. The summed E-state index contributed by atoms with van der Waals surface area (Å²) in [5, 5.41) is 2.85. The number of aryl methyl sites for hydroxylation is 1. The van der Waals surface area contributed by atoms with E-state index in [9.17, 15) is 14.4 Å². The minimum absolute atomic E-state index is 0. The van der Waals surface area contributed by atoms with Gasteiger partial charge in [-0.25, -0.2) is 4.79 Å². The molecule has 2 heterocycles. The molecular weight excluding hydrogens is 356 g/mol. The normalized spacial score (nSPS) is 26.9. The van der Waals surface area contributed by atoms with Crippen molar-refractivity contribution in [3.05, 3.63) is 35.4 Å². The molecule has 4 rings (SSSR count). The van der Waals surface area contributed by atoms with E-state index in [0.717, 1.165) is 28.9 Å². The maximum atomic E-state index is 13.0. The molecule has 1 spiro atoms. The van der Waals surface area contributed by atoms with Crippen LogP contribution in [0.4, 0.5) is 4.79 Å². The summed E-state index contributed by atoms with van der Waals surface area (Å²) in [5.74, 6) is -0.201. The lowest BCUT2D eigenvalue weighted by atomic mass is 9.92. The van der Waals surface area contributed by atoms with Crippen molar-refractivity contribution in [2.24, 2.45) is 11.7 Å². The quantitative estimate of drug-likeness (QED) is 0.753. The molecule has 7 nitrogen and oxygen atoms in total. The molecule has 2 atom stereocenters. The summed E-state index contributed by atoms with van der Waals surface area (Å²) in [5.41, 5.74) is 6.59. The van der Waals surface area contributed by atoms with Crippen LogP contribution in [0.1, 0.15) is 24.0 Å². The van der Waals surface area contributed by atoms with Crippen LogP contribution in [0.3, 0.4) is 0 Å². The van der Waals surface area contributed by atoms with Crippen LogP contribution in [-0.4, -0.2) is 53.8 Å². The fourth-order valence-electron chi connectivity index (χ4n) is 4.22. The van der Waals surface area contributed by atoms with E-state index in [4.69, 9.17) is 5.73 Å². The summed E-state index contributed by atoms with van der Waals surface area (Å²) in [6.45, 7) is 1.59. The third-order valence-electron chi connectivity index (χ3n) is 5.69. The van der Waals surface area contributed by atoms with Gasteiger partial charge in [0.25, 0.3) is 5.91 Å². The van der Waals surface area contributed by atoms with Gasteiger partial charge < -0.3 is 16.0 Å². The Morgan fingerprint density at radius 2 is 2.08 bits per heavy atom. The summed E-state index contributed by atoms with van der Waals surface area (Å²) in [4.78, 5) is 40.7. The van der Waals surface area contributed by atoms with Gasteiger partial charge in [0, 0.05) is 13.1 Å². The van der Waals surface area contributed by atoms with Crippen LogP contribution in [-0.2, 0) is 21.5 Å². The number of halogens is 1. The average Bonchev–Trinajstić information content (AvgIpc) is 3.30. The molecule has 140 valence electrons. The molecule has 4 amide bonds. The Hall–Kier alpha value is -2.12. The van der Waals surface area contributed by atoms with Crippen molar-refractivity contribution in [3.63, 3.8) is 0 Å². The first-order valence-electron chi connectivity index (χ1n) is 8.75. The molecule has 0 radical (unpaired) electrons. The third-order valence-corrected chi connectivity index (χ3v) is 5.69.